The van der Waals surface area contributed by atoms with Gasteiger partial charge in [0, 0.05) is 6.04 Å². The summed E-state index contributed by atoms with van der Waals surface area (Å²) in [5, 5.41) is 11.0. The quantitative estimate of drug-likeness (QED) is 0.624. The van der Waals surface area contributed by atoms with Crippen LogP contribution in [-0.2, 0) is 14.4 Å². The zero-order valence-corrected chi connectivity index (χ0v) is 8.81. The molecular weight excluding hydrogens is 212 g/mol. The van der Waals surface area contributed by atoms with E-state index >= 15 is 0 Å². The lowest BCUT2D eigenvalue weighted by Gasteiger charge is -2.27. The lowest BCUT2D eigenvalue weighted by atomic mass is 10.1. The summed E-state index contributed by atoms with van der Waals surface area (Å²) in [6.45, 7) is 0.698. The Balaban J connectivity index is 2.05. The van der Waals surface area contributed by atoms with Gasteiger partial charge >= 0.3 is 5.97 Å². The van der Waals surface area contributed by atoms with E-state index in [0.29, 0.717) is 6.54 Å². The third kappa shape index (κ3) is 2.06. The molecule has 2 saturated heterocycles. The van der Waals surface area contributed by atoms with Gasteiger partial charge in [0.1, 0.15) is 0 Å². The lowest BCUT2D eigenvalue weighted by molar-refractivity contribution is -0.139. The molecule has 0 bridgehead atoms. The summed E-state index contributed by atoms with van der Waals surface area (Å²) in [6.07, 6.45) is 1.87. The highest BCUT2D eigenvalue weighted by atomic mass is 16.4. The largest absolute Gasteiger partial charge is 0.481 e. The van der Waals surface area contributed by atoms with E-state index in [9.17, 15) is 14.4 Å². The molecule has 0 saturated carbocycles. The Morgan fingerprint density at radius 2 is 2.25 bits per heavy atom. The van der Waals surface area contributed by atoms with Crippen molar-refractivity contribution in [2.24, 2.45) is 0 Å². The first-order valence-corrected chi connectivity index (χ1v) is 5.39. The van der Waals surface area contributed by atoms with Gasteiger partial charge in [-0.1, -0.05) is 0 Å². The van der Waals surface area contributed by atoms with Crippen LogP contribution in [0.15, 0.2) is 0 Å². The fourth-order valence-corrected chi connectivity index (χ4v) is 2.50. The van der Waals surface area contributed by atoms with Crippen molar-refractivity contribution in [3.63, 3.8) is 0 Å². The number of likely N-dealkylation sites (tertiary alicyclic amines) is 1. The van der Waals surface area contributed by atoms with Gasteiger partial charge in [0.05, 0.1) is 18.9 Å². The number of carboxylic acids is 1. The molecule has 2 N–H and O–H groups in total. The Hall–Kier alpha value is -1.43. The predicted octanol–water partition coefficient (Wildman–Crippen LogP) is -0.659. The Morgan fingerprint density at radius 3 is 2.81 bits per heavy atom. The first kappa shape index (κ1) is 11.1. The Bertz CT molecular complexity index is 342. The Morgan fingerprint density at radius 1 is 1.50 bits per heavy atom. The van der Waals surface area contributed by atoms with Crippen LogP contribution in [0.25, 0.3) is 0 Å². The molecule has 2 aliphatic heterocycles. The molecule has 2 aliphatic rings. The SMILES string of the molecule is O=C(O)CC1CCCN1C1CC(=O)NC1=O. The molecule has 0 aromatic heterocycles. The molecule has 2 amide bonds. The number of imide groups is 1. The summed E-state index contributed by atoms with van der Waals surface area (Å²) >= 11 is 0. The van der Waals surface area contributed by atoms with Gasteiger partial charge in [0.2, 0.25) is 11.8 Å². The van der Waals surface area contributed by atoms with Crippen LogP contribution in [-0.4, -0.2) is 46.4 Å². The molecule has 16 heavy (non-hydrogen) atoms. The molecule has 88 valence electrons. The maximum Gasteiger partial charge on any atom is 0.304 e. The number of carbonyl (C=O) groups excluding carboxylic acids is 2. The lowest BCUT2D eigenvalue weighted by Crippen LogP contribution is -2.44. The topological polar surface area (TPSA) is 86.7 Å². The average molecular weight is 226 g/mol. The van der Waals surface area contributed by atoms with Crippen molar-refractivity contribution < 1.29 is 19.5 Å². The fraction of sp³-hybridized carbons (Fsp3) is 0.700. The van der Waals surface area contributed by atoms with Gasteiger partial charge < -0.3 is 5.11 Å². The fourth-order valence-electron chi connectivity index (χ4n) is 2.50. The number of nitrogens with zero attached hydrogens (tertiary/aromatic N) is 1. The van der Waals surface area contributed by atoms with E-state index in [1.165, 1.54) is 0 Å². The van der Waals surface area contributed by atoms with Crippen LogP contribution in [0.1, 0.15) is 25.7 Å². The predicted molar refractivity (Wildman–Crippen MR) is 53.5 cm³/mol. The molecule has 0 aliphatic carbocycles. The van der Waals surface area contributed by atoms with Crippen molar-refractivity contribution in [1.29, 1.82) is 0 Å². The number of hydrogen-bond acceptors (Lipinski definition) is 4. The molecule has 0 aromatic carbocycles. The molecule has 6 heteroatoms. The van der Waals surface area contributed by atoms with Crippen molar-refractivity contribution in [3.05, 3.63) is 0 Å². The second-order valence-corrected chi connectivity index (χ2v) is 4.26. The van der Waals surface area contributed by atoms with Gasteiger partial charge in [-0.3, -0.25) is 24.6 Å². The van der Waals surface area contributed by atoms with Crippen LogP contribution in [0.2, 0.25) is 0 Å². The van der Waals surface area contributed by atoms with Crippen LogP contribution >= 0.6 is 0 Å². The van der Waals surface area contributed by atoms with Gasteiger partial charge in [-0.05, 0) is 19.4 Å². The molecule has 0 aromatic rings. The van der Waals surface area contributed by atoms with Crippen LogP contribution in [0, 0.1) is 0 Å². The third-order valence-electron chi connectivity index (χ3n) is 3.18. The van der Waals surface area contributed by atoms with Crippen LogP contribution in [0.3, 0.4) is 0 Å². The second kappa shape index (κ2) is 4.21. The molecule has 2 rings (SSSR count). The molecule has 2 heterocycles. The number of amides is 2. The van der Waals surface area contributed by atoms with Crippen LogP contribution in [0.4, 0.5) is 0 Å². The number of aliphatic carboxylic acids is 1. The minimum absolute atomic E-state index is 0.0397. The number of carbonyl (C=O) groups is 3. The van der Waals surface area contributed by atoms with E-state index in [0.717, 1.165) is 12.8 Å². The van der Waals surface area contributed by atoms with E-state index in [-0.39, 0.29) is 30.7 Å². The normalized spacial score (nSPS) is 30.8. The molecule has 0 spiro atoms. The summed E-state index contributed by atoms with van der Waals surface area (Å²) in [4.78, 5) is 35.1. The van der Waals surface area contributed by atoms with E-state index < -0.39 is 12.0 Å². The van der Waals surface area contributed by atoms with Crippen molar-refractivity contribution in [1.82, 2.24) is 10.2 Å². The molecule has 2 unspecified atom stereocenters. The monoisotopic (exact) mass is 226 g/mol. The van der Waals surface area contributed by atoms with E-state index in [1.807, 2.05) is 4.90 Å². The minimum atomic E-state index is -0.860. The van der Waals surface area contributed by atoms with E-state index in [2.05, 4.69) is 5.32 Å². The zero-order chi connectivity index (χ0) is 11.7. The molecular formula is C10H14N2O4. The number of hydrogen-bond donors (Lipinski definition) is 2. The highest BCUT2D eigenvalue weighted by molar-refractivity contribution is 6.05. The second-order valence-electron chi connectivity index (χ2n) is 4.26. The Labute approximate surface area is 92.6 Å². The standard InChI is InChI=1S/C10H14N2O4/c13-8-5-7(10(16)11-8)12-3-1-2-6(12)4-9(14)15/h6-7H,1-5H2,(H,14,15)(H,11,13,16). The maximum atomic E-state index is 11.5. The molecule has 6 nitrogen and oxygen atoms in total. The first-order valence-electron chi connectivity index (χ1n) is 5.39. The Kier molecular flexibility index (Phi) is 2.91. The summed E-state index contributed by atoms with van der Waals surface area (Å²) < 4.78 is 0. The van der Waals surface area contributed by atoms with Crippen molar-refractivity contribution >= 4 is 17.8 Å². The molecule has 0 radical (unpaired) electrons. The van der Waals surface area contributed by atoms with E-state index in [4.69, 9.17) is 5.11 Å². The van der Waals surface area contributed by atoms with Gasteiger partial charge in [-0.15, -0.1) is 0 Å². The number of carboxylic acid groups (broad SMARTS) is 1. The van der Waals surface area contributed by atoms with Crippen LogP contribution < -0.4 is 5.32 Å². The van der Waals surface area contributed by atoms with Gasteiger partial charge in [0.25, 0.3) is 0 Å². The minimum Gasteiger partial charge on any atom is -0.481 e. The van der Waals surface area contributed by atoms with Crippen molar-refractivity contribution in [2.45, 2.75) is 37.8 Å². The van der Waals surface area contributed by atoms with Gasteiger partial charge in [-0.2, -0.15) is 0 Å². The van der Waals surface area contributed by atoms with Crippen molar-refractivity contribution in [3.8, 4) is 0 Å². The van der Waals surface area contributed by atoms with Crippen LogP contribution in [0.5, 0.6) is 0 Å². The summed E-state index contributed by atoms with van der Waals surface area (Å²) in [5.74, 6) is -1.42. The smallest absolute Gasteiger partial charge is 0.304 e. The highest BCUT2D eigenvalue weighted by Crippen LogP contribution is 2.25. The first-order chi connectivity index (χ1) is 7.58. The van der Waals surface area contributed by atoms with E-state index in [1.54, 1.807) is 0 Å². The highest BCUT2D eigenvalue weighted by Gasteiger charge is 2.40. The zero-order valence-electron chi connectivity index (χ0n) is 8.81. The van der Waals surface area contributed by atoms with Gasteiger partial charge in [0.15, 0.2) is 0 Å². The molecule has 2 fully saturated rings. The summed E-state index contributed by atoms with van der Waals surface area (Å²) in [7, 11) is 0. The average Bonchev–Trinajstić information content (AvgIpc) is 2.72. The van der Waals surface area contributed by atoms with Crippen molar-refractivity contribution in [2.75, 3.05) is 6.54 Å². The summed E-state index contributed by atoms with van der Waals surface area (Å²) in [5.41, 5.74) is 0. The number of rotatable bonds is 3. The van der Waals surface area contributed by atoms with Gasteiger partial charge in [-0.25, -0.2) is 0 Å². The number of nitrogens with one attached hydrogen (secondary N) is 1. The summed E-state index contributed by atoms with van der Waals surface area (Å²) in [6, 6.07) is -0.571. The third-order valence-corrected chi connectivity index (χ3v) is 3.18. The maximum absolute atomic E-state index is 11.5. The molecule has 2 atom stereocenters.